The molecule has 86 valence electrons. The second-order valence-corrected chi connectivity index (χ2v) is 4.04. The van der Waals surface area contributed by atoms with Gasteiger partial charge in [0.05, 0.1) is 0 Å². The number of esters is 1. The van der Waals surface area contributed by atoms with Gasteiger partial charge in [-0.1, -0.05) is 13.5 Å². The summed E-state index contributed by atoms with van der Waals surface area (Å²) in [4.78, 5) is 25.4. The second kappa shape index (κ2) is 5.48. The molecule has 0 heterocycles. The molecule has 0 spiro atoms. The summed E-state index contributed by atoms with van der Waals surface area (Å²) in [6.45, 7) is 10.5. The quantitative estimate of drug-likeness (QED) is 0.295. The molecule has 0 rings (SSSR count). The van der Waals surface area contributed by atoms with E-state index in [4.69, 9.17) is 4.74 Å². The number of carbonyl (C=O) groups excluding carboxylic acids is 1. The van der Waals surface area contributed by atoms with E-state index in [2.05, 4.69) is 16.8 Å². The Bertz CT molecular complexity index is 260. The molecule has 0 N–H and O–H groups in total. The smallest absolute Gasteiger partial charge is 0.333 e. The van der Waals surface area contributed by atoms with Gasteiger partial charge in [-0.25, -0.2) is 4.79 Å². The predicted molar refractivity (Wildman–Crippen MR) is 55.9 cm³/mol. The van der Waals surface area contributed by atoms with Gasteiger partial charge in [0.25, 0.3) is 0 Å². The summed E-state index contributed by atoms with van der Waals surface area (Å²) in [6.07, 6.45) is 0. The van der Waals surface area contributed by atoms with Gasteiger partial charge in [-0.15, -0.1) is 4.91 Å². The van der Waals surface area contributed by atoms with Crippen molar-refractivity contribution in [1.29, 1.82) is 0 Å². The molecule has 0 saturated carbocycles. The average Bonchev–Trinajstić information content (AvgIpc) is 2.13. The molecule has 0 aromatic carbocycles. The highest BCUT2D eigenvalue weighted by Gasteiger charge is 2.31. The highest BCUT2D eigenvalue weighted by atomic mass is 16.7. The minimum Gasteiger partial charge on any atom is -0.456 e. The normalized spacial score (nSPS) is 12.8. The van der Waals surface area contributed by atoms with Crippen LogP contribution < -0.4 is 0 Å². The molecule has 5 nitrogen and oxygen atoms in total. The molecule has 0 aliphatic heterocycles. The molecule has 0 aliphatic carbocycles. The fourth-order valence-corrected chi connectivity index (χ4v) is 0.770. The van der Waals surface area contributed by atoms with E-state index >= 15 is 0 Å². The lowest BCUT2D eigenvalue weighted by atomic mass is 9.93. The topological polar surface area (TPSA) is 65.0 Å². The van der Waals surface area contributed by atoms with Gasteiger partial charge in [0.2, 0.25) is 0 Å². The van der Waals surface area contributed by atoms with Gasteiger partial charge < -0.3 is 9.57 Å². The van der Waals surface area contributed by atoms with E-state index in [1.54, 1.807) is 27.7 Å². The van der Waals surface area contributed by atoms with E-state index in [0.717, 1.165) is 0 Å². The number of hydrogen-bond donors (Lipinski definition) is 0. The SMILES string of the molecule is C=C(C)C(=O)OC(C)(C)C(C)CON=O. The largest absolute Gasteiger partial charge is 0.456 e. The van der Waals surface area contributed by atoms with Gasteiger partial charge in [-0.05, 0) is 20.8 Å². The summed E-state index contributed by atoms with van der Waals surface area (Å²) in [6, 6.07) is 0. The minimum atomic E-state index is -0.722. The van der Waals surface area contributed by atoms with Gasteiger partial charge in [-0.3, -0.25) is 0 Å². The summed E-state index contributed by atoms with van der Waals surface area (Å²) >= 11 is 0. The van der Waals surface area contributed by atoms with Crippen LogP contribution in [0.15, 0.2) is 17.5 Å². The van der Waals surface area contributed by atoms with Crippen LogP contribution >= 0.6 is 0 Å². The minimum absolute atomic E-state index is 0.111. The van der Waals surface area contributed by atoms with E-state index in [-0.39, 0.29) is 12.5 Å². The lowest BCUT2D eigenvalue weighted by molar-refractivity contribution is -0.158. The third-order valence-electron chi connectivity index (χ3n) is 2.27. The molecule has 0 aromatic rings. The highest BCUT2D eigenvalue weighted by molar-refractivity contribution is 5.87. The third kappa shape index (κ3) is 4.58. The Morgan fingerprint density at radius 2 is 2.07 bits per heavy atom. The van der Waals surface area contributed by atoms with E-state index < -0.39 is 11.6 Å². The van der Waals surface area contributed by atoms with E-state index in [0.29, 0.717) is 5.57 Å². The van der Waals surface area contributed by atoms with E-state index in [1.165, 1.54) is 0 Å². The maximum atomic E-state index is 11.3. The number of rotatable bonds is 6. The zero-order valence-corrected chi connectivity index (χ0v) is 9.57. The molecule has 0 amide bonds. The average molecular weight is 215 g/mol. The Morgan fingerprint density at radius 1 is 1.53 bits per heavy atom. The summed E-state index contributed by atoms with van der Waals surface area (Å²) in [5.41, 5.74) is -0.384. The monoisotopic (exact) mass is 215 g/mol. The second-order valence-electron chi connectivity index (χ2n) is 4.04. The van der Waals surface area contributed by atoms with Crippen molar-refractivity contribution in [2.75, 3.05) is 6.61 Å². The number of hydrogen-bond acceptors (Lipinski definition) is 5. The van der Waals surface area contributed by atoms with Crippen molar-refractivity contribution in [2.45, 2.75) is 33.3 Å². The van der Waals surface area contributed by atoms with E-state index in [1.807, 2.05) is 0 Å². The van der Waals surface area contributed by atoms with Crippen molar-refractivity contribution < 1.29 is 14.4 Å². The molecular formula is C10H17NO4. The zero-order chi connectivity index (χ0) is 12.1. The molecule has 0 saturated heterocycles. The maximum absolute atomic E-state index is 11.3. The van der Waals surface area contributed by atoms with Crippen LogP contribution in [0, 0.1) is 10.8 Å². The summed E-state index contributed by atoms with van der Waals surface area (Å²) in [5.74, 6) is -0.593. The number of carbonyl (C=O) groups is 1. The fraction of sp³-hybridized carbons (Fsp3) is 0.700. The molecule has 1 atom stereocenters. The van der Waals surface area contributed by atoms with Crippen LogP contribution in [0.1, 0.15) is 27.7 Å². The first-order chi connectivity index (χ1) is 6.81. The Kier molecular flexibility index (Phi) is 4.97. The van der Waals surface area contributed by atoms with Crippen LogP contribution in [0.4, 0.5) is 0 Å². The van der Waals surface area contributed by atoms with Crippen LogP contribution in [0.5, 0.6) is 0 Å². The third-order valence-corrected chi connectivity index (χ3v) is 2.27. The summed E-state index contributed by atoms with van der Waals surface area (Å²) in [7, 11) is 0. The Labute approximate surface area is 89.4 Å². The summed E-state index contributed by atoms with van der Waals surface area (Å²) < 4.78 is 5.20. The van der Waals surface area contributed by atoms with Crippen LogP contribution in [-0.4, -0.2) is 18.2 Å². The predicted octanol–water partition coefficient (Wildman–Crippen LogP) is 2.22. The molecule has 0 aromatic heterocycles. The zero-order valence-electron chi connectivity index (χ0n) is 9.57. The Hall–Kier alpha value is -1.39. The molecular weight excluding hydrogens is 198 g/mol. The Morgan fingerprint density at radius 3 is 2.47 bits per heavy atom. The molecule has 5 heteroatoms. The Balaban J connectivity index is 4.32. The molecule has 0 bridgehead atoms. The maximum Gasteiger partial charge on any atom is 0.333 e. The highest BCUT2D eigenvalue weighted by Crippen LogP contribution is 2.22. The van der Waals surface area contributed by atoms with Crippen molar-refractivity contribution in [1.82, 2.24) is 0 Å². The van der Waals surface area contributed by atoms with Crippen molar-refractivity contribution in [2.24, 2.45) is 11.3 Å². The first-order valence-corrected chi connectivity index (χ1v) is 4.64. The molecule has 1 unspecified atom stereocenters. The van der Waals surface area contributed by atoms with E-state index in [9.17, 15) is 9.70 Å². The van der Waals surface area contributed by atoms with Crippen molar-refractivity contribution in [3.05, 3.63) is 17.1 Å². The molecule has 0 radical (unpaired) electrons. The molecule has 0 fully saturated rings. The number of nitrogens with zero attached hydrogens (tertiary/aromatic N) is 1. The van der Waals surface area contributed by atoms with Gasteiger partial charge in [-0.2, -0.15) is 0 Å². The summed E-state index contributed by atoms with van der Waals surface area (Å²) in [5, 5.41) is 2.30. The van der Waals surface area contributed by atoms with Crippen LogP contribution in [0.25, 0.3) is 0 Å². The van der Waals surface area contributed by atoms with Crippen molar-refractivity contribution in [3.8, 4) is 0 Å². The van der Waals surface area contributed by atoms with Crippen molar-refractivity contribution in [3.63, 3.8) is 0 Å². The standard InChI is InChI=1S/C10H17NO4/c1-7(2)9(12)15-10(4,5)8(3)6-14-11-13/h8H,1,6H2,2-5H3. The fourth-order valence-electron chi connectivity index (χ4n) is 0.770. The van der Waals surface area contributed by atoms with Gasteiger partial charge in [0.1, 0.15) is 12.2 Å². The van der Waals surface area contributed by atoms with Crippen LogP contribution in [0.2, 0.25) is 0 Å². The van der Waals surface area contributed by atoms with Crippen LogP contribution in [-0.2, 0) is 14.4 Å². The molecule has 0 aliphatic rings. The van der Waals surface area contributed by atoms with Crippen LogP contribution in [0.3, 0.4) is 0 Å². The first kappa shape index (κ1) is 13.6. The lowest BCUT2D eigenvalue weighted by Crippen LogP contribution is -2.37. The van der Waals surface area contributed by atoms with Gasteiger partial charge in [0.15, 0.2) is 5.34 Å². The van der Waals surface area contributed by atoms with Gasteiger partial charge >= 0.3 is 5.97 Å². The first-order valence-electron chi connectivity index (χ1n) is 4.64. The van der Waals surface area contributed by atoms with Gasteiger partial charge in [0, 0.05) is 11.5 Å². The number of ether oxygens (including phenoxy) is 1. The lowest BCUT2D eigenvalue weighted by Gasteiger charge is -2.30. The van der Waals surface area contributed by atoms with Crippen molar-refractivity contribution >= 4 is 5.97 Å². The molecule has 15 heavy (non-hydrogen) atoms.